The number of carbonyl (C=O) groups excluding carboxylic acids is 1. The molecule has 1 aliphatic rings. The van der Waals surface area contributed by atoms with Crippen molar-refractivity contribution in [3.63, 3.8) is 0 Å². The minimum Gasteiger partial charge on any atom is -0.481 e. The SMILES string of the molecule is O=C(O)CCCCCCCNC(=O)c1conc1C1CC1. The van der Waals surface area contributed by atoms with Gasteiger partial charge in [-0.2, -0.15) is 0 Å². The average molecular weight is 294 g/mol. The van der Waals surface area contributed by atoms with Crippen LogP contribution in [-0.2, 0) is 4.79 Å². The molecule has 0 aliphatic heterocycles. The summed E-state index contributed by atoms with van der Waals surface area (Å²) in [6.07, 6.45) is 8.41. The van der Waals surface area contributed by atoms with Gasteiger partial charge in [-0.1, -0.05) is 24.4 Å². The first-order chi connectivity index (χ1) is 10.2. The molecule has 21 heavy (non-hydrogen) atoms. The predicted octanol–water partition coefficient (Wildman–Crippen LogP) is 2.71. The van der Waals surface area contributed by atoms with Crippen LogP contribution in [0.3, 0.4) is 0 Å². The zero-order valence-electron chi connectivity index (χ0n) is 12.1. The van der Waals surface area contributed by atoms with Gasteiger partial charge in [0, 0.05) is 18.9 Å². The summed E-state index contributed by atoms with van der Waals surface area (Å²) in [6.45, 7) is 0.632. The third-order valence-electron chi connectivity index (χ3n) is 3.66. The normalized spacial score (nSPS) is 14.1. The second kappa shape index (κ2) is 7.81. The van der Waals surface area contributed by atoms with Crippen molar-refractivity contribution in [3.05, 3.63) is 17.5 Å². The first kappa shape index (κ1) is 15.5. The van der Waals surface area contributed by atoms with Gasteiger partial charge in [-0.15, -0.1) is 0 Å². The molecule has 0 atom stereocenters. The molecule has 6 heteroatoms. The number of hydrogen-bond donors (Lipinski definition) is 2. The van der Waals surface area contributed by atoms with Crippen LogP contribution in [0.5, 0.6) is 0 Å². The van der Waals surface area contributed by atoms with E-state index in [1.807, 2.05) is 0 Å². The highest BCUT2D eigenvalue weighted by molar-refractivity contribution is 5.95. The number of nitrogens with one attached hydrogen (secondary N) is 1. The highest BCUT2D eigenvalue weighted by atomic mass is 16.5. The molecule has 0 spiro atoms. The smallest absolute Gasteiger partial charge is 0.303 e. The van der Waals surface area contributed by atoms with E-state index in [0.717, 1.165) is 50.6 Å². The van der Waals surface area contributed by atoms with Crippen LogP contribution in [0, 0.1) is 0 Å². The minimum absolute atomic E-state index is 0.107. The third kappa shape index (κ3) is 5.21. The summed E-state index contributed by atoms with van der Waals surface area (Å²) in [6, 6.07) is 0. The molecule has 0 unspecified atom stereocenters. The van der Waals surface area contributed by atoms with Crippen molar-refractivity contribution in [2.75, 3.05) is 6.54 Å². The van der Waals surface area contributed by atoms with Crippen LogP contribution in [0.15, 0.2) is 10.8 Å². The van der Waals surface area contributed by atoms with Gasteiger partial charge in [0.25, 0.3) is 5.91 Å². The molecule has 0 radical (unpaired) electrons. The first-order valence-electron chi connectivity index (χ1n) is 7.62. The van der Waals surface area contributed by atoms with Crippen LogP contribution in [0.25, 0.3) is 0 Å². The monoisotopic (exact) mass is 294 g/mol. The van der Waals surface area contributed by atoms with Crippen molar-refractivity contribution >= 4 is 11.9 Å². The van der Waals surface area contributed by atoms with Gasteiger partial charge in [0.1, 0.15) is 11.8 Å². The molecule has 1 saturated carbocycles. The largest absolute Gasteiger partial charge is 0.481 e. The zero-order valence-corrected chi connectivity index (χ0v) is 12.1. The van der Waals surface area contributed by atoms with Crippen molar-refractivity contribution in [3.8, 4) is 0 Å². The van der Waals surface area contributed by atoms with Gasteiger partial charge in [0.15, 0.2) is 0 Å². The summed E-state index contributed by atoms with van der Waals surface area (Å²) in [4.78, 5) is 22.3. The van der Waals surface area contributed by atoms with E-state index in [9.17, 15) is 9.59 Å². The van der Waals surface area contributed by atoms with Crippen molar-refractivity contribution in [1.82, 2.24) is 10.5 Å². The molecule has 0 saturated heterocycles. The van der Waals surface area contributed by atoms with Gasteiger partial charge in [-0.05, 0) is 25.7 Å². The fraction of sp³-hybridized carbons (Fsp3) is 0.667. The van der Waals surface area contributed by atoms with Gasteiger partial charge in [-0.3, -0.25) is 9.59 Å². The fourth-order valence-corrected chi connectivity index (χ4v) is 2.30. The molecule has 1 fully saturated rings. The zero-order chi connectivity index (χ0) is 15.1. The molecule has 0 bridgehead atoms. The lowest BCUT2D eigenvalue weighted by Gasteiger charge is -2.04. The molecule has 116 valence electrons. The highest BCUT2D eigenvalue weighted by Crippen LogP contribution is 2.40. The Morgan fingerprint density at radius 3 is 2.67 bits per heavy atom. The highest BCUT2D eigenvalue weighted by Gasteiger charge is 2.31. The van der Waals surface area contributed by atoms with Gasteiger partial charge in [0.05, 0.1) is 5.69 Å². The van der Waals surface area contributed by atoms with Gasteiger partial charge >= 0.3 is 5.97 Å². The molecule has 1 aromatic rings. The molecule has 0 aromatic carbocycles. The Balaban J connectivity index is 1.55. The summed E-state index contributed by atoms with van der Waals surface area (Å²) in [5.74, 6) is -0.440. The van der Waals surface area contributed by atoms with E-state index in [2.05, 4.69) is 10.5 Å². The lowest BCUT2D eigenvalue weighted by molar-refractivity contribution is -0.137. The Morgan fingerprint density at radius 1 is 1.24 bits per heavy atom. The number of unbranched alkanes of at least 4 members (excludes halogenated alkanes) is 4. The number of aliphatic carboxylic acids is 1. The summed E-state index contributed by atoms with van der Waals surface area (Å²) in [5.41, 5.74) is 1.36. The molecule has 1 amide bonds. The first-order valence-corrected chi connectivity index (χ1v) is 7.62. The number of nitrogens with zero attached hydrogens (tertiary/aromatic N) is 1. The van der Waals surface area contributed by atoms with Crippen LogP contribution in [0.1, 0.15) is 73.3 Å². The molecule has 1 heterocycles. The maximum atomic E-state index is 12.0. The van der Waals surface area contributed by atoms with Crippen LogP contribution in [-0.4, -0.2) is 28.7 Å². The third-order valence-corrected chi connectivity index (χ3v) is 3.66. The van der Waals surface area contributed by atoms with Crippen LogP contribution in [0.4, 0.5) is 0 Å². The Bertz CT molecular complexity index is 480. The number of aromatic nitrogens is 1. The summed E-state index contributed by atoms with van der Waals surface area (Å²) < 4.78 is 4.90. The Labute approximate surface area is 123 Å². The van der Waals surface area contributed by atoms with E-state index in [1.54, 1.807) is 0 Å². The van der Waals surface area contributed by atoms with E-state index in [1.165, 1.54) is 6.26 Å². The van der Waals surface area contributed by atoms with E-state index in [0.29, 0.717) is 18.0 Å². The Morgan fingerprint density at radius 2 is 1.95 bits per heavy atom. The van der Waals surface area contributed by atoms with Crippen LogP contribution in [0.2, 0.25) is 0 Å². The summed E-state index contributed by atoms with van der Waals surface area (Å²) in [5, 5.41) is 15.3. The van der Waals surface area contributed by atoms with Crippen molar-refractivity contribution in [2.24, 2.45) is 0 Å². The fourth-order valence-electron chi connectivity index (χ4n) is 2.30. The average Bonchev–Trinajstić information content (AvgIpc) is 3.18. The van der Waals surface area contributed by atoms with Crippen molar-refractivity contribution in [2.45, 2.75) is 57.3 Å². The minimum atomic E-state index is -0.734. The van der Waals surface area contributed by atoms with Crippen LogP contribution < -0.4 is 5.32 Å². The number of rotatable bonds is 10. The predicted molar refractivity (Wildman–Crippen MR) is 76.1 cm³/mol. The number of carboxylic acid groups (broad SMARTS) is 1. The van der Waals surface area contributed by atoms with Gasteiger partial charge in [0.2, 0.25) is 0 Å². The Hall–Kier alpha value is -1.85. The van der Waals surface area contributed by atoms with Crippen molar-refractivity contribution < 1.29 is 19.2 Å². The molecule has 1 aliphatic carbocycles. The molecule has 6 nitrogen and oxygen atoms in total. The second-order valence-corrected chi connectivity index (χ2v) is 5.56. The standard InChI is InChI=1S/C15H22N2O4/c18-13(19)6-4-2-1-3-5-9-16-15(20)12-10-21-17-14(12)11-7-8-11/h10-11H,1-9H2,(H,16,20)(H,18,19). The van der Waals surface area contributed by atoms with Gasteiger partial charge < -0.3 is 14.9 Å². The van der Waals surface area contributed by atoms with Crippen molar-refractivity contribution in [1.29, 1.82) is 0 Å². The lowest BCUT2D eigenvalue weighted by atomic mass is 10.1. The molecule has 2 rings (SSSR count). The van der Waals surface area contributed by atoms with E-state index < -0.39 is 5.97 Å². The quantitative estimate of drug-likeness (QED) is 0.647. The number of hydrogen-bond acceptors (Lipinski definition) is 4. The maximum Gasteiger partial charge on any atom is 0.303 e. The Kier molecular flexibility index (Phi) is 5.78. The van der Waals surface area contributed by atoms with E-state index in [-0.39, 0.29) is 12.3 Å². The lowest BCUT2D eigenvalue weighted by Crippen LogP contribution is -2.25. The van der Waals surface area contributed by atoms with E-state index in [4.69, 9.17) is 9.63 Å². The molecular weight excluding hydrogens is 272 g/mol. The summed E-state index contributed by atoms with van der Waals surface area (Å²) in [7, 11) is 0. The molecular formula is C15H22N2O4. The number of carbonyl (C=O) groups is 2. The molecule has 2 N–H and O–H groups in total. The maximum absolute atomic E-state index is 12.0. The summed E-state index contributed by atoms with van der Waals surface area (Å²) >= 11 is 0. The topological polar surface area (TPSA) is 92.4 Å². The van der Waals surface area contributed by atoms with Crippen LogP contribution >= 0.6 is 0 Å². The van der Waals surface area contributed by atoms with Gasteiger partial charge in [-0.25, -0.2) is 0 Å². The number of carboxylic acids is 1. The number of amides is 1. The second-order valence-electron chi connectivity index (χ2n) is 5.56. The van der Waals surface area contributed by atoms with E-state index >= 15 is 0 Å². The molecule has 1 aromatic heterocycles.